The van der Waals surface area contributed by atoms with Gasteiger partial charge < -0.3 is 14.4 Å². The normalized spacial score (nSPS) is 15.3. The monoisotopic (exact) mass is 401 g/mol. The molecule has 1 aliphatic rings. The van der Waals surface area contributed by atoms with E-state index in [4.69, 9.17) is 32.7 Å². The van der Waals surface area contributed by atoms with Gasteiger partial charge in [0.25, 0.3) is 11.9 Å². The van der Waals surface area contributed by atoms with E-state index in [1.807, 2.05) is 6.92 Å². The van der Waals surface area contributed by atoms with E-state index < -0.39 is 0 Å². The molecule has 1 aliphatic heterocycles. The summed E-state index contributed by atoms with van der Waals surface area (Å²) in [7, 11) is 0. The Morgan fingerprint density at radius 3 is 2.69 bits per heavy atom. The summed E-state index contributed by atoms with van der Waals surface area (Å²) in [5, 5.41) is 3.42. The molecule has 1 aromatic carbocycles. The Labute approximate surface area is 164 Å². The minimum atomic E-state index is -0.347. The maximum Gasteiger partial charge on any atom is 0.291 e. The van der Waals surface area contributed by atoms with E-state index in [2.05, 4.69) is 15.2 Å². The van der Waals surface area contributed by atoms with Gasteiger partial charge in [-0.25, -0.2) is 4.99 Å². The molecule has 0 atom stereocenters. The van der Waals surface area contributed by atoms with Crippen molar-refractivity contribution in [3.63, 3.8) is 0 Å². The lowest BCUT2D eigenvalue weighted by Gasteiger charge is -2.14. The third-order valence-electron chi connectivity index (χ3n) is 3.94. The minimum absolute atomic E-state index is 0.194. The lowest BCUT2D eigenvalue weighted by atomic mass is 10.2. The molecule has 26 heavy (non-hydrogen) atoms. The molecule has 8 heteroatoms. The van der Waals surface area contributed by atoms with E-state index in [1.54, 1.807) is 12.1 Å². The number of rotatable bonds is 8. The molecule has 0 unspecified atom stereocenters. The van der Waals surface area contributed by atoms with Gasteiger partial charge in [-0.1, -0.05) is 23.2 Å². The number of halogens is 2. The van der Waals surface area contributed by atoms with Crippen LogP contribution in [0, 0.1) is 0 Å². The average Bonchev–Trinajstić information content (AvgIpc) is 3.14. The standard InChI is InChI=1S/C18H25Cl2N3O3/c1-2-25-11-12-26-18(21-7-10-23-8-3-4-9-23)22-17(24)14-5-6-15(19)16(20)13-14/h5-6,13H,2-4,7-12H2,1H3,(H,21,22,24). The number of carbonyl (C=O) groups is 1. The van der Waals surface area contributed by atoms with E-state index >= 15 is 0 Å². The topological polar surface area (TPSA) is 63.2 Å². The minimum Gasteiger partial charge on any atom is -0.463 e. The predicted octanol–water partition coefficient (Wildman–Crippen LogP) is 3.23. The van der Waals surface area contributed by atoms with Gasteiger partial charge >= 0.3 is 0 Å². The van der Waals surface area contributed by atoms with Crippen LogP contribution in [-0.2, 0) is 9.47 Å². The Bertz CT molecular complexity index is 620. The number of nitrogens with zero attached hydrogens (tertiary/aromatic N) is 2. The highest BCUT2D eigenvalue weighted by atomic mass is 35.5. The summed E-state index contributed by atoms with van der Waals surface area (Å²) in [6, 6.07) is 4.89. The van der Waals surface area contributed by atoms with Crippen molar-refractivity contribution in [1.82, 2.24) is 10.2 Å². The number of aliphatic imine (C=N–C) groups is 1. The number of carbonyl (C=O) groups excluding carboxylic acids is 1. The number of hydrogen-bond acceptors (Lipinski definition) is 5. The summed E-state index contributed by atoms with van der Waals surface area (Å²) < 4.78 is 10.8. The van der Waals surface area contributed by atoms with Crippen molar-refractivity contribution in [1.29, 1.82) is 0 Å². The van der Waals surface area contributed by atoms with E-state index in [1.165, 1.54) is 18.9 Å². The van der Waals surface area contributed by atoms with E-state index in [-0.39, 0.29) is 11.9 Å². The van der Waals surface area contributed by atoms with Crippen LogP contribution in [0.25, 0.3) is 0 Å². The van der Waals surface area contributed by atoms with E-state index in [9.17, 15) is 4.79 Å². The summed E-state index contributed by atoms with van der Waals surface area (Å²) in [6.45, 7) is 6.89. The van der Waals surface area contributed by atoms with Gasteiger partial charge in [-0.3, -0.25) is 10.1 Å². The van der Waals surface area contributed by atoms with Gasteiger partial charge in [0.15, 0.2) is 0 Å². The molecule has 144 valence electrons. The summed E-state index contributed by atoms with van der Waals surface area (Å²) in [5.74, 6) is -0.347. The molecule has 1 N–H and O–H groups in total. The predicted molar refractivity (Wildman–Crippen MR) is 104 cm³/mol. The number of ether oxygens (including phenoxy) is 2. The molecule has 0 bridgehead atoms. The van der Waals surface area contributed by atoms with E-state index in [0.717, 1.165) is 19.6 Å². The number of amides is 1. The molecule has 1 heterocycles. The van der Waals surface area contributed by atoms with Gasteiger partial charge in [0.05, 0.1) is 23.2 Å². The van der Waals surface area contributed by atoms with Gasteiger partial charge in [0, 0.05) is 18.7 Å². The van der Waals surface area contributed by atoms with E-state index in [0.29, 0.717) is 42.0 Å². The van der Waals surface area contributed by atoms with Crippen molar-refractivity contribution in [3.05, 3.63) is 33.8 Å². The van der Waals surface area contributed by atoms with Crippen LogP contribution in [0.5, 0.6) is 0 Å². The van der Waals surface area contributed by atoms with Gasteiger partial charge in [-0.05, 0) is 51.1 Å². The Kier molecular flexibility index (Phi) is 9.18. The van der Waals surface area contributed by atoms with Gasteiger partial charge in [0.2, 0.25) is 0 Å². The average molecular weight is 402 g/mol. The highest BCUT2D eigenvalue weighted by Gasteiger charge is 2.13. The first-order chi connectivity index (χ1) is 12.6. The maximum absolute atomic E-state index is 12.4. The van der Waals surface area contributed by atoms with Crippen molar-refractivity contribution < 1.29 is 14.3 Å². The number of nitrogens with one attached hydrogen (secondary N) is 1. The Hall–Kier alpha value is -1.34. The fraction of sp³-hybridized carbons (Fsp3) is 0.556. The van der Waals surface area contributed by atoms with Crippen LogP contribution in [0.4, 0.5) is 0 Å². The molecule has 0 radical (unpaired) electrons. The second-order valence-corrected chi connectivity index (χ2v) is 6.68. The van der Waals surface area contributed by atoms with Crippen molar-refractivity contribution in [2.24, 2.45) is 4.99 Å². The Morgan fingerprint density at radius 2 is 2.00 bits per heavy atom. The van der Waals surface area contributed by atoms with Crippen molar-refractivity contribution in [3.8, 4) is 0 Å². The third kappa shape index (κ3) is 7.11. The molecule has 1 saturated heterocycles. The van der Waals surface area contributed by atoms with Crippen LogP contribution in [0.2, 0.25) is 10.0 Å². The first-order valence-corrected chi connectivity index (χ1v) is 9.59. The highest BCUT2D eigenvalue weighted by molar-refractivity contribution is 6.42. The molecule has 2 rings (SSSR count). The van der Waals surface area contributed by atoms with Crippen LogP contribution in [-0.4, -0.2) is 62.8 Å². The highest BCUT2D eigenvalue weighted by Crippen LogP contribution is 2.22. The first-order valence-electron chi connectivity index (χ1n) is 8.84. The molecule has 0 aromatic heterocycles. The Morgan fingerprint density at radius 1 is 1.23 bits per heavy atom. The smallest absolute Gasteiger partial charge is 0.291 e. The second kappa shape index (κ2) is 11.4. The van der Waals surface area contributed by atoms with Crippen LogP contribution < -0.4 is 5.32 Å². The molecule has 1 aromatic rings. The summed E-state index contributed by atoms with van der Waals surface area (Å²) in [5.41, 5.74) is 0.389. The lowest BCUT2D eigenvalue weighted by Crippen LogP contribution is -2.34. The molecular formula is C18H25Cl2N3O3. The molecule has 0 saturated carbocycles. The van der Waals surface area contributed by atoms with Crippen LogP contribution in [0.3, 0.4) is 0 Å². The van der Waals surface area contributed by atoms with Crippen LogP contribution in [0.1, 0.15) is 30.1 Å². The third-order valence-corrected chi connectivity index (χ3v) is 4.68. The quantitative estimate of drug-likeness (QED) is 0.412. The first kappa shape index (κ1) is 21.0. The van der Waals surface area contributed by atoms with Crippen molar-refractivity contribution in [2.45, 2.75) is 19.8 Å². The number of amidine groups is 1. The summed E-state index contributed by atoms with van der Waals surface area (Å²) in [6.07, 6.45) is 2.46. The molecular weight excluding hydrogens is 377 g/mol. The largest absolute Gasteiger partial charge is 0.463 e. The molecule has 6 nitrogen and oxygen atoms in total. The van der Waals surface area contributed by atoms with Gasteiger partial charge in [-0.15, -0.1) is 0 Å². The van der Waals surface area contributed by atoms with Crippen LogP contribution >= 0.6 is 23.2 Å². The Balaban J connectivity index is 1.93. The second-order valence-electron chi connectivity index (χ2n) is 5.86. The fourth-order valence-electron chi connectivity index (χ4n) is 2.57. The number of benzene rings is 1. The van der Waals surface area contributed by atoms with Crippen molar-refractivity contribution in [2.75, 3.05) is 46.0 Å². The van der Waals surface area contributed by atoms with Gasteiger partial charge in [-0.2, -0.15) is 0 Å². The van der Waals surface area contributed by atoms with Crippen molar-refractivity contribution >= 4 is 35.1 Å². The SMILES string of the molecule is CCOCCOC(=NCCN1CCCC1)NC(=O)c1ccc(Cl)c(Cl)c1. The zero-order valence-electron chi connectivity index (χ0n) is 15.0. The lowest BCUT2D eigenvalue weighted by molar-refractivity contribution is 0.0922. The number of hydrogen-bond donors (Lipinski definition) is 1. The molecule has 1 fully saturated rings. The zero-order chi connectivity index (χ0) is 18.8. The summed E-state index contributed by atoms with van der Waals surface area (Å²) in [4.78, 5) is 19.2. The molecule has 0 spiro atoms. The molecule has 0 aliphatic carbocycles. The van der Waals surface area contributed by atoms with Crippen LogP contribution in [0.15, 0.2) is 23.2 Å². The fourth-order valence-corrected chi connectivity index (χ4v) is 2.87. The maximum atomic E-state index is 12.4. The van der Waals surface area contributed by atoms with Gasteiger partial charge in [0.1, 0.15) is 6.61 Å². The summed E-state index contributed by atoms with van der Waals surface area (Å²) >= 11 is 11.9. The zero-order valence-corrected chi connectivity index (χ0v) is 16.5. The number of likely N-dealkylation sites (tertiary alicyclic amines) is 1. The molecule has 1 amide bonds.